The van der Waals surface area contributed by atoms with Gasteiger partial charge in [0.15, 0.2) is 6.10 Å². The number of hydrogen-bond donors (Lipinski definition) is 2. The van der Waals surface area contributed by atoms with E-state index in [4.69, 9.17) is 14.3 Å². The van der Waals surface area contributed by atoms with Gasteiger partial charge in [0.1, 0.15) is 11.9 Å². The van der Waals surface area contributed by atoms with Gasteiger partial charge in [-0.15, -0.1) is 0 Å². The van der Waals surface area contributed by atoms with E-state index in [2.05, 4.69) is 5.32 Å². The number of carboxylic acid groups (broad SMARTS) is 1. The van der Waals surface area contributed by atoms with Gasteiger partial charge in [-0.25, -0.2) is 4.79 Å². The summed E-state index contributed by atoms with van der Waals surface area (Å²) in [5, 5.41) is 11.5. The molecule has 0 spiro atoms. The number of ether oxygens (including phenoxy) is 1. The highest BCUT2D eigenvalue weighted by Gasteiger charge is 2.35. The number of amides is 1. The second-order valence-electron chi connectivity index (χ2n) is 4.27. The van der Waals surface area contributed by atoms with Crippen LogP contribution in [-0.4, -0.2) is 29.2 Å². The van der Waals surface area contributed by atoms with Gasteiger partial charge < -0.3 is 19.6 Å². The summed E-state index contributed by atoms with van der Waals surface area (Å²) in [4.78, 5) is 22.6. The van der Waals surface area contributed by atoms with E-state index in [1.54, 1.807) is 19.1 Å². The molecule has 0 radical (unpaired) electrons. The van der Waals surface area contributed by atoms with Crippen LogP contribution >= 0.6 is 0 Å². The number of furan rings is 1. The summed E-state index contributed by atoms with van der Waals surface area (Å²) in [5.41, 5.74) is 0. The number of hydrogen-bond acceptors (Lipinski definition) is 4. The second-order valence-corrected chi connectivity index (χ2v) is 4.27. The molecule has 1 aromatic heterocycles. The maximum absolute atomic E-state index is 11.8. The predicted octanol–water partition coefficient (Wildman–Crippen LogP) is 1.09. The smallest absolute Gasteiger partial charge is 0.332 e. The van der Waals surface area contributed by atoms with Crippen molar-refractivity contribution in [2.24, 2.45) is 0 Å². The minimum absolute atomic E-state index is 0.264. The molecule has 1 amide bonds. The van der Waals surface area contributed by atoms with Crippen LogP contribution in [0.2, 0.25) is 0 Å². The average Bonchev–Trinajstić information content (AvgIpc) is 3.00. The standard InChI is InChI=1S/C12H15NO5/c1-7(8-3-2-6-17-8)13-11(14)9-4-5-10(18-9)12(15)16/h2-3,6-7,9-10H,4-5H2,1H3,(H,13,14)(H,15,16)/t7-,9?,10?/m0/s1. The highest BCUT2D eigenvalue weighted by Crippen LogP contribution is 2.21. The first kappa shape index (κ1) is 12.6. The van der Waals surface area contributed by atoms with E-state index in [9.17, 15) is 9.59 Å². The summed E-state index contributed by atoms with van der Waals surface area (Å²) in [7, 11) is 0. The lowest BCUT2D eigenvalue weighted by Gasteiger charge is -2.15. The topological polar surface area (TPSA) is 88.8 Å². The predicted molar refractivity (Wildman–Crippen MR) is 60.8 cm³/mol. The van der Waals surface area contributed by atoms with Crippen molar-refractivity contribution in [3.05, 3.63) is 24.2 Å². The monoisotopic (exact) mass is 253 g/mol. The maximum Gasteiger partial charge on any atom is 0.332 e. The van der Waals surface area contributed by atoms with E-state index in [1.807, 2.05) is 0 Å². The number of nitrogens with one attached hydrogen (secondary N) is 1. The normalized spacial score (nSPS) is 24.7. The van der Waals surface area contributed by atoms with Gasteiger partial charge in [-0.3, -0.25) is 4.79 Å². The molecule has 0 saturated carbocycles. The largest absolute Gasteiger partial charge is 0.479 e. The quantitative estimate of drug-likeness (QED) is 0.838. The molecule has 18 heavy (non-hydrogen) atoms. The van der Waals surface area contributed by atoms with E-state index in [0.29, 0.717) is 18.6 Å². The molecule has 1 aromatic rings. The van der Waals surface area contributed by atoms with Crippen molar-refractivity contribution < 1.29 is 23.8 Å². The van der Waals surface area contributed by atoms with Crippen molar-refractivity contribution in [3.8, 4) is 0 Å². The molecule has 98 valence electrons. The molecule has 2 unspecified atom stereocenters. The number of carbonyl (C=O) groups excluding carboxylic acids is 1. The molecule has 2 heterocycles. The molecule has 3 atom stereocenters. The zero-order chi connectivity index (χ0) is 13.1. The summed E-state index contributed by atoms with van der Waals surface area (Å²) >= 11 is 0. The van der Waals surface area contributed by atoms with Crippen molar-refractivity contribution in [2.75, 3.05) is 0 Å². The Labute approximate surface area is 104 Å². The Morgan fingerprint density at radius 1 is 1.44 bits per heavy atom. The number of aliphatic carboxylic acids is 1. The fourth-order valence-corrected chi connectivity index (χ4v) is 1.93. The molecule has 1 fully saturated rings. The Bertz CT molecular complexity index is 428. The van der Waals surface area contributed by atoms with Crippen molar-refractivity contribution in [3.63, 3.8) is 0 Å². The molecule has 6 nitrogen and oxygen atoms in total. The van der Waals surface area contributed by atoms with Crippen LogP contribution in [-0.2, 0) is 14.3 Å². The van der Waals surface area contributed by atoms with Gasteiger partial charge in [0, 0.05) is 0 Å². The molecule has 0 aliphatic carbocycles. The van der Waals surface area contributed by atoms with Crippen molar-refractivity contribution in [1.29, 1.82) is 0 Å². The Morgan fingerprint density at radius 3 is 2.72 bits per heavy atom. The minimum atomic E-state index is -1.02. The number of rotatable bonds is 4. The fourth-order valence-electron chi connectivity index (χ4n) is 1.93. The van der Waals surface area contributed by atoms with E-state index in [-0.39, 0.29) is 11.9 Å². The second kappa shape index (κ2) is 5.22. The van der Waals surface area contributed by atoms with Crippen LogP contribution < -0.4 is 5.32 Å². The van der Waals surface area contributed by atoms with Gasteiger partial charge in [-0.05, 0) is 31.9 Å². The van der Waals surface area contributed by atoms with Crippen LogP contribution in [0, 0.1) is 0 Å². The van der Waals surface area contributed by atoms with E-state index >= 15 is 0 Å². The van der Waals surface area contributed by atoms with Gasteiger partial charge in [-0.2, -0.15) is 0 Å². The molecule has 1 aliphatic heterocycles. The third-order valence-corrected chi connectivity index (χ3v) is 2.92. The van der Waals surface area contributed by atoms with Crippen LogP contribution in [0.1, 0.15) is 31.6 Å². The molecule has 1 aliphatic rings. The Hall–Kier alpha value is -1.82. The SMILES string of the molecule is C[C@H](NC(=O)C1CCC(C(=O)O)O1)c1ccco1. The third kappa shape index (κ3) is 2.70. The Kier molecular flexibility index (Phi) is 3.66. The molecule has 0 aromatic carbocycles. The average molecular weight is 253 g/mol. The zero-order valence-corrected chi connectivity index (χ0v) is 9.96. The zero-order valence-electron chi connectivity index (χ0n) is 9.96. The van der Waals surface area contributed by atoms with Gasteiger partial charge in [0.2, 0.25) is 5.91 Å². The molecular weight excluding hydrogens is 238 g/mol. The molecule has 2 rings (SSSR count). The highest BCUT2D eigenvalue weighted by molar-refractivity contribution is 5.82. The Balaban J connectivity index is 1.87. The lowest BCUT2D eigenvalue weighted by Crippen LogP contribution is -2.36. The van der Waals surface area contributed by atoms with E-state index in [1.165, 1.54) is 6.26 Å². The number of carboxylic acids is 1. The summed E-state index contributed by atoms with van der Waals surface area (Å²) in [6.45, 7) is 1.79. The lowest BCUT2D eigenvalue weighted by atomic mass is 10.1. The summed E-state index contributed by atoms with van der Waals surface area (Å²) in [5.74, 6) is -0.678. The van der Waals surface area contributed by atoms with E-state index in [0.717, 1.165) is 0 Å². The van der Waals surface area contributed by atoms with Crippen LogP contribution in [0.25, 0.3) is 0 Å². The van der Waals surface area contributed by atoms with Crippen LogP contribution in [0.4, 0.5) is 0 Å². The summed E-state index contributed by atoms with van der Waals surface area (Å²) in [6.07, 6.45) is 0.754. The third-order valence-electron chi connectivity index (χ3n) is 2.92. The first-order chi connectivity index (χ1) is 8.58. The first-order valence-corrected chi connectivity index (χ1v) is 5.80. The molecule has 1 saturated heterocycles. The maximum atomic E-state index is 11.8. The Morgan fingerprint density at radius 2 is 2.17 bits per heavy atom. The van der Waals surface area contributed by atoms with Gasteiger partial charge in [0.05, 0.1) is 12.3 Å². The van der Waals surface area contributed by atoms with Crippen LogP contribution in [0.15, 0.2) is 22.8 Å². The van der Waals surface area contributed by atoms with Crippen LogP contribution in [0.3, 0.4) is 0 Å². The van der Waals surface area contributed by atoms with Gasteiger partial charge in [0.25, 0.3) is 0 Å². The molecular formula is C12H15NO5. The van der Waals surface area contributed by atoms with Gasteiger partial charge in [-0.1, -0.05) is 0 Å². The van der Waals surface area contributed by atoms with Crippen molar-refractivity contribution in [2.45, 2.75) is 38.0 Å². The number of carbonyl (C=O) groups is 2. The fraction of sp³-hybridized carbons (Fsp3) is 0.500. The summed E-state index contributed by atoms with van der Waals surface area (Å²) < 4.78 is 10.3. The van der Waals surface area contributed by atoms with Crippen molar-refractivity contribution in [1.82, 2.24) is 5.32 Å². The summed E-state index contributed by atoms with van der Waals surface area (Å²) in [6, 6.07) is 3.24. The minimum Gasteiger partial charge on any atom is -0.479 e. The lowest BCUT2D eigenvalue weighted by molar-refractivity contribution is -0.151. The molecule has 0 bridgehead atoms. The first-order valence-electron chi connectivity index (χ1n) is 5.80. The van der Waals surface area contributed by atoms with Gasteiger partial charge >= 0.3 is 5.97 Å². The highest BCUT2D eigenvalue weighted by atomic mass is 16.5. The van der Waals surface area contributed by atoms with E-state index < -0.39 is 18.2 Å². The van der Waals surface area contributed by atoms with Crippen molar-refractivity contribution >= 4 is 11.9 Å². The molecule has 2 N–H and O–H groups in total. The molecule has 6 heteroatoms. The van der Waals surface area contributed by atoms with Crippen LogP contribution in [0.5, 0.6) is 0 Å².